The van der Waals surface area contributed by atoms with Gasteiger partial charge < -0.3 is 14.3 Å². The van der Waals surface area contributed by atoms with Crippen molar-refractivity contribution >= 4 is 8.32 Å². The summed E-state index contributed by atoms with van der Waals surface area (Å²) in [4.78, 5) is 0. The normalized spacial score (nSPS) is 24.8. The average Bonchev–Trinajstić information content (AvgIpc) is 2.95. The number of hydrogen-bond donors (Lipinski definition) is 1. The molecule has 0 aromatic heterocycles. The highest BCUT2D eigenvalue weighted by atomic mass is 28.4. The molecular weight excluding hydrogens is 244 g/mol. The van der Waals surface area contributed by atoms with Crippen molar-refractivity contribution < 1.29 is 14.3 Å². The maximum atomic E-state index is 8.63. The number of rotatable bonds is 7. The van der Waals surface area contributed by atoms with Crippen LogP contribution in [0.15, 0.2) is 12.2 Å². The number of ether oxygens (including phenoxy) is 1. The summed E-state index contributed by atoms with van der Waals surface area (Å²) in [5.74, 6) is 0. The molecule has 0 aromatic carbocycles. The first-order valence-electron chi connectivity index (χ1n) is 6.83. The molecule has 1 aliphatic rings. The quantitative estimate of drug-likeness (QED) is 0.440. The summed E-state index contributed by atoms with van der Waals surface area (Å²) >= 11 is 0. The zero-order valence-corrected chi connectivity index (χ0v) is 13.4. The molecule has 0 saturated carbocycles. The van der Waals surface area contributed by atoms with Crippen molar-refractivity contribution in [2.45, 2.75) is 64.0 Å². The molecule has 1 N–H and O–H groups in total. The van der Waals surface area contributed by atoms with Gasteiger partial charge in [-0.3, -0.25) is 0 Å². The summed E-state index contributed by atoms with van der Waals surface area (Å²) in [6, 6.07) is 0. The zero-order chi connectivity index (χ0) is 13.8. The van der Waals surface area contributed by atoms with Gasteiger partial charge in [0.2, 0.25) is 0 Å². The molecule has 0 spiro atoms. The molecule has 1 saturated heterocycles. The van der Waals surface area contributed by atoms with Gasteiger partial charge >= 0.3 is 0 Å². The monoisotopic (exact) mass is 272 g/mol. The SMILES string of the molecule is CC(C)(C)[Si](C)(C)OCC[C@H]1O[C@H]1C/C=C\CO. The molecule has 3 nitrogen and oxygen atoms in total. The second-order valence-electron chi connectivity index (χ2n) is 6.50. The van der Waals surface area contributed by atoms with Gasteiger partial charge in [0.05, 0.1) is 18.8 Å². The Balaban J connectivity index is 2.15. The highest BCUT2D eigenvalue weighted by molar-refractivity contribution is 6.74. The maximum absolute atomic E-state index is 8.63. The molecule has 0 aliphatic carbocycles. The third-order valence-corrected chi connectivity index (χ3v) is 8.54. The minimum atomic E-state index is -1.60. The van der Waals surface area contributed by atoms with E-state index in [4.69, 9.17) is 14.3 Å². The molecule has 18 heavy (non-hydrogen) atoms. The minimum absolute atomic E-state index is 0.117. The summed E-state index contributed by atoms with van der Waals surface area (Å²) < 4.78 is 11.7. The summed E-state index contributed by atoms with van der Waals surface area (Å²) in [5.41, 5.74) is 0. The summed E-state index contributed by atoms with van der Waals surface area (Å²) in [6.45, 7) is 12.3. The second-order valence-corrected chi connectivity index (χ2v) is 11.3. The van der Waals surface area contributed by atoms with Crippen molar-refractivity contribution in [3.8, 4) is 0 Å². The van der Waals surface area contributed by atoms with Crippen LogP contribution in [0.25, 0.3) is 0 Å². The maximum Gasteiger partial charge on any atom is 0.191 e. The van der Waals surface area contributed by atoms with E-state index in [9.17, 15) is 0 Å². The molecule has 4 heteroatoms. The lowest BCUT2D eigenvalue weighted by atomic mass is 10.2. The van der Waals surface area contributed by atoms with Gasteiger partial charge in [-0.15, -0.1) is 0 Å². The summed E-state index contributed by atoms with van der Waals surface area (Å²) in [7, 11) is -1.60. The molecule has 2 atom stereocenters. The Hall–Kier alpha value is -0.163. The van der Waals surface area contributed by atoms with Gasteiger partial charge in [-0.1, -0.05) is 32.9 Å². The van der Waals surface area contributed by atoms with E-state index < -0.39 is 8.32 Å². The van der Waals surface area contributed by atoms with Crippen LogP contribution in [0, 0.1) is 0 Å². The van der Waals surface area contributed by atoms with Crippen LogP contribution in [-0.4, -0.2) is 38.8 Å². The molecule has 0 aromatic rings. The Bertz CT molecular complexity index is 281. The van der Waals surface area contributed by atoms with Crippen molar-refractivity contribution in [1.82, 2.24) is 0 Å². The fraction of sp³-hybridized carbons (Fsp3) is 0.857. The molecule has 1 aliphatic heterocycles. The number of hydrogen-bond acceptors (Lipinski definition) is 3. The molecule has 0 amide bonds. The lowest BCUT2D eigenvalue weighted by Gasteiger charge is -2.36. The van der Waals surface area contributed by atoms with Crippen molar-refractivity contribution in [1.29, 1.82) is 0 Å². The van der Waals surface area contributed by atoms with Crippen molar-refractivity contribution in [2.24, 2.45) is 0 Å². The highest BCUT2D eigenvalue weighted by Gasteiger charge is 2.40. The zero-order valence-electron chi connectivity index (χ0n) is 12.4. The topological polar surface area (TPSA) is 42.0 Å². The first-order valence-corrected chi connectivity index (χ1v) is 9.74. The average molecular weight is 272 g/mol. The lowest BCUT2D eigenvalue weighted by molar-refractivity contribution is 0.260. The van der Waals surface area contributed by atoms with Gasteiger partial charge in [0.15, 0.2) is 8.32 Å². The van der Waals surface area contributed by atoms with Gasteiger partial charge in [-0.2, -0.15) is 0 Å². The van der Waals surface area contributed by atoms with Crippen molar-refractivity contribution in [2.75, 3.05) is 13.2 Å². The molecule has 0 radical (unpaired) electrons. The molecule has 0 unspecified atom stereocenters. The molecule has 1 fully saturated rings. The fourth-order valence-electron chi connectivity index (χ4n) is 1.59. The molecule has 106 valence electrons. The van der Waals surface area contributed by atoms with Crippen LogP contribution < -0.4 is 0 Å². The van der Waals surface area contributed by atoms with Crippen molar-refractivity contribution in [3.05, 3.63) is 12.2 Å². The number of epoxide rings is 1. The van der Waals surface area contributed by atoms with Gasteiger partial charge in [-0.05, 0) is 31.0 Å². The van der Waals surface area contributed by atoms with Crippen LogP contribution in [0.1, 0.15) is 33.6 Å². The van der Waals surface area contributed by atoms with Gasteiger partial charge in [0.1, 0.15) is 0 Å². The van der Waals surface area contributed by atoms with Gasteiger partial charge in [-0.25, -0.2) is 0 Å². The van der Waals surface area contributed by atoms with E-state index in [1.807, 2.05) is 6.08 Å². The summed E-state index contributed by atoms with van der Waals surface area (Å²) in [6.07, 6.45) is 6.36. The van der Waals surface area contributed by atoms with E-state index in [2.05, 4.69) is 33.9 Å². The number of aliphatic hydroxyl groups excluding tert-OH is 1. The van der Waals surface area contributed by atoms with Crippen LogP contribution in [-0.2, 0) is 9.16 Å². The van der Waals surface area contributed by atoms with E-state index in [0.717, 1.165) is 19.4 Å². The smallest absolute Gasteiger partial charge is 0.191 e. The highest BCUT2D eigenvalue weighted by Crippen LogP contribution is 2.37. The Kier molecular flexibility index (Phi) is 5.59. The largest absolute Gasteiger partial charge is 0.417 e. The minimum Gasteiger partial charge on any atom is -0.417 e. The van der Waals surface area contributed by atoms with Crippen LogP contribution in [0.4, 0.5) is 0 Å². The van der Waals surface area contributed by atoms with Gasteiger partial charge in [0, 0.05) is 6.61 Å². The van der Waals surface area contributed by atoms with Crippen LogP contribution in [0.2, 0.25) is 18.1 Å². The molecule has 1 heterocycles. The van der Waals surface area contributed by atoms with E-state index in [-0.39, 0.29) is 11.6 Å². The summed E-state index contributed by atoms with van der Waals surface area (Å²) in [5, 5.41) is 8.91. The van der Waals surface area contributed by atoms with Crippen LogP contribution in [0.3, 0.4) is 0 Å². The van der Waals surface area contributed by atoms with E-state index in [1.165, 1.54) is 0 Å². The lowest BCUT2D eigenvalue weighted by Crippen LogP contribution is -2.41. The predicted molar refractivity (Wildman–Crippen MR) is 77.3 cm³/mol. The van der Waals surface area contributed by atoms with Crippen LogP contribution in [0.5, 0.6) is 0 Å². The van der Waals surface area contributed by atoms with E-state index in [0.29, 0.717) is 12.2 Å². The first-order chi connectivity index (χ1) is 8.28. The second kappa shape index (κ2) is 6.33. The van der Waals surface area contributed by atoms with Crippen molar-refractivity contribution in [3.63, 3.8) is 0 Å². The standard InChI is InChI=1S/C14H28O3Si/c1-14(2,3)18(4,5)16-11-9-13-12(17-13)8-6-7-10-15/h6-7,12-13,15H,8-11H2,1-5H3/b7-6-/t12-,13+/m0/s1. The molecular formula is C14H28O3Si. The molecule has 1 rings (SSSR count). The molecule has 0 bridgehead atoms. The van der Waals surface area contributed by atoms with Crippen LogP contribution >= 0.6 is 0 Å². The third-order valence-electron chi connectivity index (χ3n) is 4.00. The Morgan fingerprint density at radius 1 is 1.22 bits per heavy atom. The Morgan fingerprint density at radius 3 is 2.44 bits per heavy atom. The fourth-order valence-corrected chi connectivity index (χ4v) is 2.65. The Morgan fingerprint density at radius 2 is 1.89 bits per heavy atom. The Labute approximate surface area is 112 Å². The van der Waals surface area contributed by atoms with Gasteiger partial charge in [0.25, 0.3) is 0 Å². The predicted octanol–water partition coefficient (Wildman–Crippen LogP) is 3.10. The van der Waals surface area contributed by atoms with E-state index in [1.54, 1.807) is 6.08 Å². The third kappa shape index (κ3) is 4.84. The number of aliphatic hydroxyl groups is 1. The van der Waals surface area contributed by atoms with E-state index >= 15 is 0 Å². The first kappa shape index (κ1) is 15.9.